The third kappa shape index (κ3) is 5.26. The van der Waals surface area contributed by atoms with E-state index in [0.717, 1.165) is 10.8 Å². The first-order chi connectivity index (χ1) is 15.0. The van der Waals surface area contributed by atoms with Crippen molar-refractivity contribution < 1.29 is 19.5 Å². The predicted molar refractivity (Wildman–Crippen MR) is 116 cm³/mol. The van der Waals surface area contributed by atoms with E-state index in [0.29, 0.717) is 16.9 Å². The topological polar surface area (TPSA) is 103 Å². The zero-order chi connectivity index (χ0) is 22.2. The van der Waals surface area contributed by atoms with Crippen molar-refractivity contribution >= 4 is 28.7 Å². The van der Waals surface area contributed by atoms with Gasteiger partial charge in [-0.05, 0) is 35.2 Å². The first kappa shape index (κ1) is 21.6. The van der Waals surface area contributed by atoms with Crippen molar-refractivity contribution in [2.75, 3.05) is 20.2 Å². The lowest BCUT2D eigenvalue weighted by Gasteiger charge is -2.17. The van der Waals surface area contributed by atoms with Gasteiger partial charge in [0.25, 0.3) is 11.8 Å². The molecule has 2 amide bonds. The molecule has 0 saturated carbocycles. The van der Waals surface area contributed by atoms with Crippen molar-refractivity contribution in [3.8, 4) is 11.8 Å². The van der Waals surface area contributed by atoms with Crippen LogP contribution in [-0.2, 0) is 4.79 Å². The van der Waals surface area contributed by atoms with Crippen molar-refractivity contribution in [3.05, 3.63) is 83.4 Å². The van der Waals surface area contributed by atoms with Crippen molar-refractivity contribution in [2.24, 2.45) is 0 Å². The van der Waals surface area contributed by atoms with Crippen LogP contribution in [0, 0.1) is 11.3 Å². The summed E-state index contributed by atoms with van der Waals surface area (Å²) in [5.74, 6) is -0.312. The van der Waals surface area contributed by atoms with Crippen LogP contribution in [0.3, 0.4) is 0 Å². The highest BCUT2D eigenvalue weighted by atomic mass is 16.5. The van der Waals surface area contributed by atoms with Crippen LogP contribution in [0.1, 0.15) is 15.9 Å². The fourth-order valence-corrected chi connectivity index (χ4v) is 3.06. The average molecular weight is 415 g/mol. The van der Waals surface area contributed by atoms with Gasteiger partial charge in [0.1, 0.15) is 18.9 Å². The van der Waals surface area contributed by atoms with Crippen molar-refractivity contribution in [1.29, 1.82) is 5.26 Å². The summed E-state index contributed by atoms with van der Waals surface area (Å²) in [5, 5.41) is 19.6. The molecule has 0 unspecified atom stereocenters. The molecule has 31 heavy (non-hydrogen) atoms. The molecule has 0 aliphatic carbocycles. The van der Waals surface area contributed by atoms with Gasteiger partial charge in [0, 0.05) is 18.0 Å². The standard InChI is InChI=1S/C24H21N3O4/c1-27(14-13-25)24(29)20(15-17-9-11-19(12-10-17)23(28)26-30)16-31-22-8-4-6-18-5-2-3-7-21(18)22/h2-12,15,30H,14,16H2,1H3,(H,26,28)/b20-15+. The van der Waals surface area contributed by atoms with Crippen LogP contribution in [0.5, 0.6) is 5.75 Å². The lowest BCUT2D eigenvalue weighted by atomic mass is 10.1. The van der Waals surface area contributed by atoms with E-state index in [1.54, 1.807) is 30.7 Å². The van der Waals surface area contributed by atoms with Gasteiger partial charge in [0.15, 0.2) is 0 Å². The highest BCUT2D eigenvalue weighted by Crippen LogP contribution is 2.26. The zero-order valence-electron chi connectivity index (χ0n) is 16.9. The highest BCUT2D eigenvalue weighted by molar-refractivity contribution is 5.98. The van der Waals surface area contributed by atoms with Crippen LogP contribution in [0.25, 0.3) is 16.8 Å². The Morgan fingerprint density at radius 1 is 1.10 bits per heavy atom. The number of rotatable bonds is 7. The van der Waals surface area contributed by atoms with Gasteiger partial charge in [-0.25, -0.2) is 5.48 Å². The lowest BCUT2D eigenvalue weighted by molar-refractivity contribution is -0.125. The Morgan fingerprint density at radius 3 is 2.52 bits per heavy atom. The number of carbonyl (C=O) groups excluding carboxylic acids is 2. The maximum Gasteiger partial charge on any atom is 0.274 e. The monoisotopic (exact) mass is 415 g/mol. The smallest absolute Gasteiger partial charge is 0.274 e. The fraction of sp³-hybridized carbons (Fsp3) is 0.125. The minimum Gasteiger partial charge on any atom is -0.488 e. The van der Waals surface area contributed by atoms with Crippen molar-refractivity contribution in [2.45, 2.75) is 0 Å². The van der Waals surface area contributed by atoms with Gasteiger partial charge >= 0.3 is 0 Å². The van der Waals surface area contributed by atoms with Gasteiger partial charge in [-0.15, -0.1) is 0 Å². The second-order valence-electron chi connectivity index (χ2n) is 6.82. The Balaban J connectivity index is 1.89. The third-order valence-electron chi connectivity index (χ3n) is 4.68. The molecule has 2 N–H and O–H groups in total. The van der Waals surface area contributed by atoms with Crippen molar-refractivity contribution in [3.63, 3.8) is 0 Å². The number of hydrogen-bond donors (Lipinski definition) is 2. The molecule has 0 spiro atoms. The van der Waals surface area contributed by atoms with Gasteiger partial charge in [-0.1, -0.05) is 48.5 Å². The molecule has 0 heterocycles. The molecule has 0 saturated heterocycles. The molecule has 0 bridgehead atoms. The number of nitrogens with zero attached hydrogens (tertiary/aromatic N) is 2. The summed E-state index contributed by atoms with van der Waals surface area (Å²) >= 11 is 0. The molecule has 0 aliphatic heterocycles. The summed E-state index contributed by atoms with van der Waals surface area (Å²) in [5.41, 5.74) is 2.88. The summed E-state index contributed by atoms with van der Waals surface area (Å²) < 4.78 is 5.99. The molecule has 0 aromatic heterocycles. The summed E-state index contributed by atoms with van der Waals surface area (Å²) in [6, 6.07) is 21.8. The van der Waals surface area contributed by atoms with E-state index in [1.807, 2.05) is 48.5 Å². The Kier molecular flexibility index (Phi) is 6.99. The number of ether oxygens (including phenoxy) is 1. The number of fused-ring (bicyclic) bond motifs is 1. The quantitative estimate of drug-likeness (QED) is 0.266. The summed E-state index contributed by atoms with van der Waals surface area (Å²) in [7, 11) is 1.55. The van der Waals surface area contributed by atoms with Gasteiger partial charge in [0.2, 0.25) is 0 Å². The maximum atomic E-state index is 12.9. The molecule has 3 rings (SSSR count). The fourth-order valence-electron chi connectivity index (χ4n) is 3.06. The highest BCUT2D eigenvalue weighted by Gasteiger charge is 2.16. The normalized spacial score (nSPS) is 10.9. The van der Waals surface area contributed by atoms with E-state index in [2.05, 4.69) is 0 Å². The number of benzene rings is 3. The molecule has 7 heteroatoms. The van der Waals surface area contributed by atoms with Crippen LogP contribution in [0.2, 0.25) is 0 Å². The molecule has 0 aliphatic rings. The predicted octanol–water partition coefficient (Wildman–Crippen LogP) is 3.40. The molecule has 0 atom stereocenters. The Hall–Kier alpha value is -4.15. The van der Waals surface area contributed by atoms with Gasteiger partial charge in [-0.2, -0.15) is 5.26 Å². The van der Waals surface area contributed by atoms with Crippen LogP contribution in [0.4, 0.5) is 0 Å². The number of hydroxylamine groups is 1. The average Bonchev–Trinajstić information content (AvgIpc) is 2.81. The first-order valence-electron chi connectivity index (χ1n) is 9.51. The number of nitrogens with one attached hydrogen (secondary N) is 1. The Labute approximate surface area is 179 Å². The van der Waals surface area contributed by atoms with Crippen molar-refractivity contribution in [1.82, 2.24) is 10.4 Å². The molecular formula is C24H21N3O4. The number of nitriles is 1. The third-order valence-corrected chi connectivity index (χ3v) is 4.68. The Bertz CT molecular complexity index is 1160. The second kappa shape index (κ2) is 10.1. The molecule has 3 aromatic carbocycles. The molecule has 3 aromatic rings. The van der Waals surface area contributed by atoms with Gasteiger partial charge in [0.05, 0.1) is 11.6 Å². The van der Waals surface area contributed by atoms with Gasteiger partial charge < -0.3 is 9.64 Å². The summed E-state index contributed by atoms with van der Waals surface area (Å²) in [6.45, 7) is -0.0540. The van der Waals surface area contributed by atoms with E-state index in [9.17, 15) is 9.59 Å². The van der Waals surface area contributed by atoms with Crippen LogP contribution < -0.4 is 10.2 Å². The van der Waals surface area contributed by atoms with E-state index in [4.69, 9.17) is 15.2 Å². The Morgan fingerprint density at radius 2 is 1.81 bits per heavy atom. The summed E-state index contributed by atoms with van der Waals surface area (Å²) in [6.07, 6.45) is 1.65. The maximum absolute atomic E-state index is 12.9. The minimum atomic E-state index is -0.625. The van der Waals surface area contributed by atoms with E-state index in [-0.39, 0.29) is 24.6 Å². The molecular weight excluding hydrogens is 394 g/mol. The second-order valence-corrected chi connectivity index (χ2v) is 6.82. The molecule has 0 fully saturated rings. The van der Waals surface area contributed by atoms with Gasteiger partial charge in [-0.3, -0.25) is 14.8 Å². The van der Waals surface area contributed by atoms with E-state index >= 15 is 0 Å². The number of likely N-dealkylation sites (N-methyl/N-ethyl adjacent to an activating group) is 1. The van der Waals surface area contributed by atoms with E-state index in [1.165, 1.54) is 17.0 Å². The zero-order valence-corrected chi connectivity index (χ0v) is 16.9. The number of amides is 2. The van der Waals surface area contributed by atoms with Crippen LogP contribution in [-0.4, -0.2) is 42.1 Å². The molecule has 156 valence electrons. The number of hydrogen-bond acceptors (Lipinski definition) is 5. The number of carbonyl (C=O) groups is 2. The molecule has 0 radical (unpaired) electrons. The molecule has 7 nitrogen and oxygen atoms in total. The largest absolute Gasteiger partial charge is 0.488 e. The minimum absolute atomic E-state index is 0.00148. The van der Waals surface area contributed by atoms with E-state index < -0.39 is 5.91 Å². The lowest BCUT2D eigenvalue weighted by Crippen LogP contribution is -2.30. The SMILES string of the molecule is CN(CC#N)C(=O)/C(=C/c1ccc(C(=O)NO)cc1)COc1cccc2ccccc12. The van der Waals surface area contributed by atoms with Crippen LogP contribution >= 0.6 is 0 Å². The van der Waals surface area contributed by atoms with Crippen LogP contribution in [0.15, 0.2) is 72.3 Å². The first-order valence-corrected chi connectivity index (χ1v) is 9.51. The summed E-state index contributed by atoms with van der Waals surface area (Å²) in [4.78, 5) is 25.7.